The van der Waals surface area contributed by atoms with Gasteiger partial charge in [0.1, 0.15) is 11.5 Å². The molecule has 2 aromatic heterocycles. The third-order valence-electron chi connectivity index (χ3n) is 3.19. The van der Waals surface area contributed by atoms with E-state index >= 15 is 0 Å². The Balaban J connectivity index is 1.99. The van der Waals surface area contributed by atoms with Crippen LogP contribution < -0.4 is 5.73 Å². The number of aromatic nitrogens is 4. The Labute approximate surface area is 100 Å². The average Bonchev–Trinajstić information content (AvgIpc) is 2.95. The monoisotopic (exact) mass is 231 g/mol. The van der Waals surface area contributed by atoms with Crippen LogP contribution in [0.2, 0.25) is 0 Å². The van der Waals surface area contributed by atoms with Crippen molar-refractivity contribution in [2.75, 3.05) is 5.73 Å². The third-order valence-corrected chi connectivity index (χ3v) is 3.19. The molecule has 2 heterocycles. The van der Waals surface area contributed by atoms with Crippen molar-refractivity contribution in [3.05, 3.63) is 18.9 Å². The van der Waals surface area contributed by atoms with Gasteiger partial charge < -0.3 is 14.9 Å². The number of nitrogen functional groups attached to an aromatic ring is 1. The molecule has 1 aliphatic rings. The highest BCUT2D eigenvalue weighted by Gasteiger charge is 2.27. The molecule has 0 bridgehead atoms. The summed E-state index contributed by atoms with van der Waals surface area (Å²) < 4.78 is 4.19. The van der Waals surface area contributed by atoms with Crippen molar-refractivity contribution in [2.24, 2.45) is 0 Å². The van der Waals surface area contributed by atoms with Crippen molar-refractivity contribution in [2.45, 2.75) is 38.8 Å². The second-order valence-electron chi connectivity index (χ2n) is 4.59. The summed E-state index contributed by atoms with van der Waals surface area (Å²) in [5, 5.41) is 0. The van der Waals surface area contributed by atoms with Gasteiger partial charge in [-0.15, -0.1) is 0 Å². The topological polar surface area (TPSA) is 61.7 Å². The lowest BCUT2D eigenvalue weighted by Crippen LogP contribution is -2.02. The molecule has 3 rings (SSSR count). The van der Waals surface area contributed by atoms with E-state index in [1.165, 1.54) is 12.8 Å². The van der Waals surface area contributed by atoms with E-state index in [2.05, 4.69) is 26.0 Å². The number of nitrogens with zero attached hydrogens (tertiary/aromatic N) is 4. The Morgan fingerprint density at radius 3 is 2.94 bits per heavy atom. The van der Waals surface area contributed by atoms with Crippen LogP contribution in [0.15, 0.2) is 18.9 Å². The van der Waals surface area contributed by atoms with Crippen LogP contribution in [0, 0.1) is 0 Å². The van der Waals surface area contributed by atoms with Crippen LogP contribution >= 0.6 is 0 Å². The molecule has 0 spiro atoms. The van der Waals surface area contributed by atoms with Gasteiger partial charge in [0.05, 0.1) is 24.5 Å². The third kappa shape index (κ3) is 1.71. The standard InChI is InChI=1S/C12H17N5/c1-2-5-16-7-14-6-10(16)11-12(13)17(8-15-11)9-3-4-9/h6-9H,2-5,13H2,1H3. The Morgan fingerprint density at radius 2 is 2.24 bits per heavy atom. The van der Waals surface area contributed by atoms with Crippen molar-refractivity contribution >= 4 is 5.82 Å². The normalized spacial score (nSPS) is 15.4. The minimum absolute atomic E-state index is 0.568. The fraction of sp³-hybridized carbons (Fsp3) is 0.500. The minimum atomic E-state index is 0.568. The first-order valence-corrected chi connectivity index (χ1v) is 6.14. The summed E-state index contributed by atoms with van der Waals surface area (Å²) in [6.07, 6.45) is 9.04. The van der Waals surface area contributed by atoms with Crippen molar-refractivity contribution in [1.29, 1.82) is 0 Å². The fourth-order valence-corrected chi connectivity index (χ4v) is 2.15. The molecule has 1 fully saturated rings. The van der Waals surface area contributed by atoms with E-state index in [-0.39, 0.29) is 0 Å². The van der Waals surface area contributed by atoms with Gasteiger partial charge >= 0.3 is 0 Å². The molecule has 0 saturated heterocycles. The molecule has 0 amide bonds. The van der Waals surface area contributed by atoms with Gasteiger partial charge in [-0.05, 0) is 19.3 Å². The Morgan fingerprint density at radius 1 is 1.41 bits per heavy atom. The molecule has 90 valence electrons. The minimum Gasteiger partial charge on any atom is -0.383 e. The van der Waals surface area contributed by atoms with Gasteiger partial charge in [-0.25, -0.2) is 9.97 Å². The van der Waals surface area contributed by atoms with Crippen LogP contribution in [0.5, 0.6) is 0 Å². The molecule has 5 nitrogen and oxygen atoms in total. The number of hydrogen-bond donors (Lipinski definition) is 1. The van der Waals surface area contributed by atoms with Crippen LogP contribution in [0.25, 0.3) is 11.4 Å². The first-order valence-electron chi connectivity index (χ1n) is 6.14. The molecular weight excluding hydrogens is 214 g/mol. The van der Waals surface area contributed by atoms with Gasteiger partial charge in [-0.2, -0.15) is 0 Å². The number of anilines is 1. The largest absolute Gasteiger partial charge is 0.383 e. The molecule has 0 atom stereocenters. The second-order valence-corrected chi connectivity index (χ2v) is 4.59. The fourth-order valence-electron chi connectivity index (χ4n) is 2.15. The zero-order valence-corrected chi connectivity index (χ0v) is 10.0. The van der Waals surface area contributed by atoms with Crippen molar-refractivity contribution in [3.63, 3.8) is 0 Å². The number of rotatable bonds is 4. The van der Waals surface area contributed by atoms with Crippen LogP contribution in [-0.2, 0) is 6.54 Å². The molecule has 1 saturated carbocycles. The van der Waals surface area contributed by atoms with E-state index in [1.807, 2.05) is 18.9 Å². The maximum Gasteiger partial charge on any atom is 0.133 e. The lowest BCUT2D eigenvalue weighted by molar-refractivity contribution is 0.683. The van der Waals surface area contributed by atoms with Gasteiger partial charge in [-0.3, -0.25) is 0 Å². The smallest absolute Gasteiger partial charge is 0.133 e. The molecule has 2 N–H and O–H groups in total. The van der Waals surface area contributed by atoms with E-state index in [9.17, 15) is 0 Å². The van der Waals surface area contributed by atoms with Crippen LogP contribution in [-0.4, -0.2) is 19.1 Å². The zero-order valence-electron chi connectivity index (χ0n) is 10.0. The molecule has 0 aliphatic heterocycles. The highest BCUT2D eigenvalue weighted by atomic mass is 15.2. The Hall–Kier alpha value is -1.78. The molecule has 2 aromatic rings. The van der Waals surface area contributed by atoms with E-state index in [4.69, 9.17) is 5.73 Å². The molecule has 0 aromatic carbocycles. The van der Waals surface area contributed by atoms with Gasteiger partial charge in [0.25, 0.3) is 0 Å². The molecular formula is C12H17N5. The van der Waals surface area contributed by atoms with E-state index < -0.39 is 0 Å². The van der Waals surface area contributed by atoms with Crippen LogP contribution in [0.4, 0.5) is 5.82 Å². The molecule has 1 aliphatic carbocycles. The summed E-state index contributed by atoms with van der Waals surface area (Å²) >= 11 is 0. The SMILES string of the molecule is CCCn1cncc1-c1ncn(C2CC2)c1N. The van der Waals surface area contributed by atoms with Gasteiger partial charge in [0.15, 0.2) is 0 Å². The summed E-state index contributed by atoms with van der Waals surface area (Å²) in [6.45, 7) is 3.10. The highest BCUT2D eigenvalue weighted by Crippen LogP contribution is 2.38. The summed E-state index contributed by atoms with van der Waals surface area (Å²) in [5.74, 6) is 0.769. The number of imidazole rings is 2. The molecule has 0 unspecified atom stereocenters. The van der Waals surface area contributed by atoms with E-state index in [0.717, 1.165) is 30.2 Å². The number of nitrogens with two attached hydrogens (primary N) is 1. The van der Waals surface area contributed by atoms with Crippen molar-refractivity contribution in [1.82, 2.24) is 19.1 Å². The van der Waals surface area contributed by atoms with E-state index in [1.54, 1.807) is 0 Å². The summed E-state index contributed by atoms with van der Waals surface area (Å²) in [5.41, 5.74) is 8.04. The number of aryl methyl sites for hydroxylation is 1. The lowest BCUT2D eigenvalue weighted by Gasteiger charge is -2.06. The first-order chi connectivity index (χ1) is 8.31. The quantitative estimate of drug-likeness (QED) is 0.876. The molecule has 0 radical (unpaired) electrons. The predicted molar refractivity (Wildman–Crippen MR) is 66.4 cm³/mol. The maximum absolute atomic E-state index is 6.16. The number of hydrogen-bond acceptors (Lipinski definition) is 3. The summed E-state index contributed by atoms with van der Waals surface area (Å²) in [4.78, 5) is 8.63. The lowest BCUT2D eigenvalue weighted by atomic mass is 10.3. The predicted octanol–water partition coefficient (Wildman–Crippen LogP) is 2.07. The Kier molecular flexibility index (Phi) is 2.39. The van der Waals surface area contributed by atoms with Crippen LogP contribution in [0.1, 0.15) is 32.2 Å². The van der Waals surface area contributed by atoms with Crippen molar-refractivity contribution in [3.8, 4) is 11.4 Å². The van der Waals surface area contributed by atoms with Crippen LogP contribution in [0.3, 0.4) is 0 Å². The highest BCUT2D eigenvalue weighted by molar-refractivity contribution is 5.67. The molecule has 17 heavy (non-hydrogen) atoms. The zero-order chi connectivity index (χ0) is 11.8. The van der Waals surface area contributed by atoms with Gasteiger partial charge in [0.2, 0.25) is 0 Å². The van der Waals surface area contributed by atoms with Crippen molar-refractivity contribution < 1.29 is 0 Å². The Bertz CT molecular complexity index is 521. The first kappa shape index (κ1) is 10.4. The van der Waals surface area contributed by atoms with E-state index in [0.29, 0.717) is 6.04 Å². The average molecular weight is 231 g/mol. The van der Waals surface area contributed by atoms with Gasteiger partial charge in [0, 0.05) is 12.6 Å². The summed E-state index contributed by atoms with van der Waals surface area (Å²) in [6, 6.07) is 0.568. The molecule has 5 heteroatoms. The summed E-state index contributed by atoms with van der Waals surface area (Å²) in [7, 11) is 0. The second kappa shape index (κ2) is 3.91. The maximum atomic E-state index is 6.16. The van der Waals surface area contributed by atoms with Gasteiger partial charge in [-0.1, -0.05) is 6.92 Å².